The highest BCUT2D eigenvalue weighted by Crippen LogP contribution is 2.37. The van der Waals surface area contributed by atoms with Crippen molar-refractivity contribution in [3.8, 4) is 5.75 Å². The molecule has 0 aliphatic carbocycles. The maximum Gasteiger partial charge on any atom is 0.361 e. The molecule has 30 heavy (non-hydrogen) atoms. The van der Waals surface area contributed by atoms with Gasteiger partial charge < -0.3 is 9.88 Å². The van der Waals surface area contributed by atoms with E-state index in [1.54, 1.807) is 18.3 Å². The van der Waals surface area contributed by atoms with Crippen molar-refractivity contribution in [1.29, 1.82) is 0 Å². The highest BCUT2D eigenvalue weighted by Gasteiger charge is 2.41. The molecule has 0 radical (unpaired) electrons. The van der Waals surface area contributed by atoms with Crippen LogP contribution in [0.3, 0.4) is 0 Å². The van der Waals surface area contributed by atoms with Crippen molar-refractivity contribution >= 4 is 22.8 Å². The molecule has 1 aliphatic rings. The molecule has 2 aromatic carbocycles. The number of para-hydroxylation sites is 2. The maximum absolute atomic E-state index is 13.0. The Morgan fingerprint density at radius 2 is 1.67 bits per heavy atom. The summed E-state index contributed by atoms with van der Waals surface area (Å²) in [6, 6.07) is 16.8. The smallest absolute Gasteiger partial charge is 0.360 e. The number of carbonyl (C=O) groups is 2. The number of nitrogens with one attached hydrogen (secondary N) is 1. The third-order valence-electron chi connectivity index (χ3n) is 6.11. The molecular weight excluding hydrogens is 380 g/mol. The normalized spacial score (nSPS) is 15.2. The molecule has 3 aromatic rings. The van der Waals surface area contributed by atoms with Gasteiger partial charge in [-0.25, -0.2) is 9.68 Å². The van der Waals surface area contributed by atoms with E-state index >= 15 is 0 Å². The van der Waals surface area contributed by atoms with Gasteiger partial charge in [-0.3, -0.25) is 9.68 Å². The van der Waals surface area contributed by atoms with Crippen molar-refractivity contribution in [3.63, 3.8) is 0 Å². The van der Waals surface area contributed by atoms with Crippen LogP contribution in [0.4, 0.5) is 0 Å². The van der Waals surface area contributed by atoms with Crippen LogP contribution in [0.15, 0.2) is 60.8 Å². The first-order valence-electron chi connectivity index (χ1n) is 10.3. The minimum atomic E-state index is -0.704. The SMILES string of the molecule is CC(C)(C(=O)OOc1ccccc1)C1CCN(C(=O)c2c[nH]c3ccccc23)CC1. The second-order valence-corrected chi connectivity index (χ2v) is 8.30. The van der Waals surface area contributed by atoms with Gasteiger partial charge in [-0.05, 0) is 50.8 Å². The van der Waals surface area contributed by atoms with E-state index in [4.69, 9.17) is 9.78 Å². The van der Waals surface area contributed by atoms with Gasteiger partial charge in [0, 0.05) is 30.2 Å². The summed E-state index contributed by atoms with van der Waals surface area (Å²) in [5.41, 5.74) is 0.946. The molecule has 0 atom stereocenters. The molecule has 6 heteroatoms. The van der Waals surface area contributed by atoms with Crippen LogP contribution in [0.1, 0.15) is 37.0 Å². The van der Waals surface area contributed by atoms with Crippen LogP contribution >= 0.6 is 0 Å². The lowest BCUT2D eigenvalue weighted by Gasteiger charge is -2.38. The van der Waals surface area contributed by atoms with Gasteiger partial charge in [-0.1, -0.05) is 36.4 Å². The second kappa shape index (κ2) is 8.22. The van der Waals surface area contributed by atoms with Crippen molar-refractivity contribution in [2.75, 3.05) is 13.1 Å². The summed E-state index contributed by atoms with van der Waals surface area (Å²) in [4.78, 5) is 41.0. The Morgan fingerprint density at radius 3 is 2.40 bits per heavy atom. The molecule has 1 aromatic heterocycles. The first-order chi connectivity index (χ1) is 14.5. The predicted octanol–water partition coefficient (Wildman–Crippen LogP) is 4.58. The number of aromatic nitrogens is 1. The molecule has 1 saturated heterocycles. The number of carbonyl (C=O) groups excluding carboxylic acids is 2. The summed E-state index contributed by atoms with van der Waals surface area (Å²) < 4.78 is 0. The lowest BCUT2D eigenvalue weighted by molar-refractivity contribution is -0.227. The average Bonchev–Trinajstić information content (AvgIpc) is 3.22. The van der Waals surface area contributed by atoms with Gasteiger partial charge in [0.2, 0.25) is 0 Å². The molecule has 6 nitrogen and oxygen atoms in total. The lowest BCUT2D eigenvalue weighted by atomic mass is 9.73. The maximum atomic E-state index is 13.0. The van der Waals surface area contributed by atoms with E-state index in [9.17, 15) is 9.59 Å². The Balaban J connectivity index is 1.36. The van der Waals surface area contributed by atoms with E-state index in [2.05, 4.69) is 4.98 Å². The van der Waals surface area contributed by atoms with Crippen LogP contribution in [0, 0.1) is 11.3 Å². The van der Waals surface area contributed by atoms with Crippen LogP contribution < -0.4 is 4.89 Å². The molecule has 2 heterocycles. The molecule has 0 bridgehead atoms. The third-order valence-corrected chi connectivity index (χ3v) is 6.11. The Hall–Kier alpha value is -3.28. The Morgan fingerprint density at radius 1 is 1.00 bits per heavy atom. The molecule has 4 rings (SSSR count). The first kappa shape index (κ1) is 20.0. The predicted molar refractivity (Wildman–Crippen MR) is 114 cm³/mol. The van der Waals surface area contributed by atoms with Crippen LogP contribution in [0.2, 0.25) is 0 Å². The van der Waals surface area contributed by atoms with Gasteiger partial charge in [0.25, 0.3) is 5.91 Å². The largest absolute Gasteiger partial charge is 0.361 e. The van der Waals surface area contributed by atoms with Gasteiger partial charge in [-0.15, -0.1) is 0 Å². The van der Waals surface area contributed by atoms with Crippen molar-refractivity contribution < 1.29 is 19.4 Å². The summed E-state index contributed by atoms with van der Waals surface area (Å²) in [5, 5.41) is 0.937. The monoisotopic (exact) mass is 406 g/mol. The quantitative estimate of drug-likeness (QED) is 0.497. The van der Waals surface area contributed by atoms with Crippen molar-refractivity contribution in [1.82, 2.24) is 9.88 Å². The fourth-order valence-corrected chi connectivity index (χ4v) is 4.06. The standard InChI is InChI=1S/C24H26N2O4/c1-24(2,23(28)30-29-18-8-4-3-5-9-18)17-12-14-26(15-13-17)22(27)20-16-25-21-11-7-6-10-19(20)21/h3-11,16-17,25H,12-15H2,1-2H3. The number of piperidine rings is 1. The Labute approximate surface area is 175 Å². The van der Waals surface area contributed by atoms with Crippen LogP contribution in [0.25, 0.3) is 10.9 Å². The molecule has 0 unspecified atom stereocenters. The summed E-state index contributed by atoms with van der Waals surface area (Å²) >= 11 is 0. The number of rotatable bonds is 5. The number of hydrogen-bond donors (Lipinski definition) is 1. The topological polar surface area (TPSA) is 71.6 Å². The first-order valence-corrected chi connectivity index (χ1v) is 10.3. The number of nitrogens with zero attached hydrogens (tertiary/aromatic N) is 1. The zero-order chi connectivity index (χ0) is 21.1. The number of amides is 1. The zero-order valence-electron chi connectivity index (χ0n) is 17.3. The molecule has 0 spiro atoms. The second-order valence-electron chi connectivity index (χ2n) is 8.30. The minimum Gasteiger partial charge on any atom is -0.360 e. The van der Waals surface area contributed by atoms with Crippen molar-refractivity contribution in [2.45, 2.75) is 26.7 Å². The van der Waals surface area contributed by atoms with Gasteiger partial charge >= 0.3 is 5.97 Å². The molecular formula is C24H26N2O4. The van der Waals surface area contributed by atoms with E-state index < -0.39 is 11.4 Å². The minimum absolute atomic E-state index is 0.0266. The Bertz CT molecular complexity index is 1030. The number of aromatic amines is 1. The van der Waals surface area contributed by atoms with Crippen LogP contribution in [-0.2, 0) is 9.68 Å². The fraction of sp³-hybridized carbons (Fsp3) is 0.333. The molecule has 1 fully saturated rings. The van der Waals surface area contributed by atoms with E-state index in [-0.39, 0.29) is 11.8 Å². The highest BCUT2D eigenvalue weighted by atomic mass is 17.2. The van der Waals surface area contributed by atoms with Gasteiger partial charge in [0.05, 0.1) is 11.0 Å². The van der Waals surface area contributed by atoms with E-state index in [0.717, 1.165) is 23.7 Å². The number of likely N-dealkylation sites (tertiary alicyclic amines) is 1. The van der Waals surface area contributed by atoms with Crippen molar-refractivity contribution in [3.05, 3.63) is 66.4 Å². The summed E-state index contributed by atoms with van der Waals surface area (Å²) in [6.07, 6.45) is 3.25. The van der Waals surface area contributed by atoms with Gasteiger partial charge in [0.15, 0.2) is 5.75 Å². The van der Waals surface area contributed by atoms with Crippen LogP contribution in [0.5, 0.6) is 5.75 Å². The number of H-pyrrole nitrogens is 1. The van der Waals surface area contributed by atoms with Crippen LogP contribution in [-0.4, -0.2) is 34.8 Å². The van der Waals surface area contributed by atoms with E-state index in [1.165, 1.54) is 0 Å². The molecule has 1 N–H and O–H groups in total. The van der Waals surface area contributed by atoms with Gasteiger partial charge in [0.1, 0.15) is 0 Å². The fourth-order valence-electron chi connectivity index (χ4n) is 4.06. The number of benzene rings is 2. The molecule has 156 valence electrons. The van der Waals surface area contributed by atoms with Crippen molar-refractivity contribution in [2.24, 2.45) is 11.3 Å². The summed E-state index contributed by atoms with van der Waals surface area (Å²) in [5.74, 6) is 0.226. The molecule has 1 aliphatic heterocycles. The van der Waals surface area contributed by atoms with Gasteiger partial charge in [-0.2, -0.15) is 0 Å². The summed E-state index contributed by atoms with van der Waals surface area (Å²) in [7, 11) is 0. The molecule has 0 saturated carbocycles. The highest BCUT2D eigenvalue weighted by molar-refractivity contribution is 6.06. The summed E-state index contributed by atoms with van der Waals surface area (Å²) in [6.45, 7) is 4.98. The Kier molecular flexibility index (Phi) is 5.48. The van der Waals surface area contributed by atoms with E-state index in [1.807, 2.05) is 61.2 Å². The lowest BCUT2D eigenvalue weighted by Crippen LogP contribution is -2.45. The molecule has 1 amide bonds. The zero-order valence-corrected chi connectivity index (χ0v) is 17.3. The third kappa shape index (κ3) is 3.90. The number of hydrogen-bond acceptors (Lipinski definition) is 4. The van der Waals surface area contributed by atoms with E-state index in [0.29, 0.717) is 24.4 Å². The average molecular weight is 406 g/mol. The number of fused-ring (bicyclic) bond motifs is 1.